The normalized spacial score (nSPS) is 17.1. The van der Waals surface area contributed by atoms with Crippen molar-refractivity contribution in [2.75, 3.05) is 7.11 Å². The fraction of sp³-hybridized carbons (Fsp3) is 0.444. The van der Waals surface area contributed by atoms with Crippen molar-refractivity contribution in [1.29, 1.82) is 0 Å². The fourth-order valence-electron chi connectivity index (χ4n) is 4.19. The average Bonchev–Trinajstić information content (AvgIpc) is 3.36. The number of methoxy groups -OCH3 is 1. The molecule has 1 heterocycles. The van der Waals surface area contributed by atoms with Gasteiger partial charge in [-0.1, -0.05) is 39.7 Å². The lowest BCUT2D eigenvalue weighted by molar-refractivity contribution is -0.116. The largest absolute Gasteiger partial charge is 0.497 e. The van der Waals surface area contributed by atoms with Crippen molar-refractivity contribution in [2.45, 2.75) is 54.1 Å². The highest BCUT2D eigenvalue weighted by molar-refractivity contribution is 7.10. The molecule has 3 nitrogen and oxygen atoms in total. The fourth-order valence-corrected chi connectivity index (χ4v) is 4.99. The molecule has 166 valence electrons. The van der Waals surface area contributed by atoms with Gasteiger partial charge in [-0.3, -0.25) is 4.79 Å². The molecule has 0 saturated heterocycles. The van der Waals surface area contributed by atoms with Gasteiger partial charge < -0.3 is 9.47 Å². The number of carbonyl (C=O) groups is 1. The van der Waals surface area contributed by atoms with Crippen LogP contribution >= 0.6 is 11.3 Å². The van der Waals surface area contributed by atoms with Crippen molar-refractivity contribution in [3.8, 4) is 11.5 Å². The van der Waals surface area contributed by atoms with Crippen molar-refractivity contribution in [1.82, 2.24) is 0 Å². The number of carbonyl (C=O) groups excluding carboxylic acids is 1. The monoisotopic (exact) mass is 438 g/mol. The minimum Gasteiger partial charge on any atom is -0.497 e. The number of thiophene rings is 1. The van der Waals surface area contributed by atoms with E-state index in [9.17, 15) is 4.79 Å². The zero-order chi connectivity index (χ0) is 22.5. The molecule has 1 aliphatic carbocycles. The molecule has 0 aliphatic heterocycles. The summed E-state index contributed by atoms with van der Waals surface area (Å²) in [6, 6.07) is 9.86. The van der Waals surface area contributed by atoms with Crippen molar-refractivity contribution in [3.63, 3.8) is 0 Å². The molecule has 2 atom stereocenters. The Kier molecular flexibility index (Phi) is 7.77. The molecule has 0 N–H and O–H groups in total. The van der Waals surface area contributed by atoms with Gasteiger partial charge in [-0.15, -0.1) is 11.3 Å². The van der Waals surface area contributed by atoms with E-state index in [-0.39, 0.29) is 5.78 Å². The molecular weight excluding hydrogens is 404 g/mol. The van der Waals surface area contributed by atoms with E-state index in [0.717, 1.165) is 23.5 Å². The Morgan fingerprint density at radius 1 is 1.13 bits per heavy atom. The van der Waals surface area contributed by atoms with Gasteiger partial charge >= 0.3 is 0 Å². The molecular formula is C27H34O3S. The van der Waals surface area contributed by atoms with E-state index in [4.69, 9.17) is 9.47 Å². The highest BCUT2D eigenvalue weighted by Crippen LogP contribution is 2.44. The molecule has 2 unspecified atom stereocenters. The lowest BCUT2D eigenvalue weighted by atomic mass is 9.83. The van der Waals surface area contributed by atoms with Gasteiger partial charge in [0.05, 0.1) is 7.11 Å². The zero-order valence-corrected chi connectivity index (χ0v) is 20.3. The lowest BCUT2D eigenvalue weighted by Gasteiger charge is -2.21. The van der Waals surface area contributed by atoms with E-state index < -0.39 is 0 Å². The molecule has 0 radical (unpaired) electrons. The SMILES string of the molecule is CCC(C)CC(=O)C1=C(C)C(C(C)C)C(c2csc(COc3ccc(OC)cc3)c2)=C1. The van der Waals surface area contributed by atoms with Crippen LogP contribution < -0.4 is 9.47 Å². The molecule has 31 heavy (non-hydrogen) atoms. The molecule has 0 spiro atoms. The summed E-state index contributed by atoms with van der Waals surface area (Å²) in [5.74, 6) is 3.09. The summed E-state index contributed by atoms with van der Waals surface area (Å²) in [4.78, 5) is 14.1. The van der Waals surface area contributed by atoms with Crippen LogP contribution in [0.3, 0.4) is 0 Å². The number of hydrogen-bond donors (Lipinski definition) is 0. The van der Waals surface area contributed by atoms with Crippen molar-refractivity contribution in [3.05, 3.63) is 63.4 Å². The Bertz CT molecular complexity index is 963. The van der Waals surface area contributed by atoms with E-state index in [1.807, 2.05) is 24.3 Å². The third kappa shape index (κ3) is 5.48. The van der Waals surface area contributed by atoms with Gasteiger partial charge in [0.15, 0.2) is 5.78 Å². The Labute approximate surface area is 190 Å². The quantitative estimate of drug-likeness (QED) is 0.390. The molecule has 0 fully saturated rings. The summed E-state index contributed by atoms with van der Waals surface area (Å²) in [6.45, 7) is 11.4. The smallest absolute Gasteiger partial charge is 0.163 e. The van der Waals surface area contributed by atoms with Crippen LogP contribution in [-0.4, -0.2) is 12.9 Å². The minimum atomic E-state index is 0.283. The van der Waals surface area contributed by atoms with Crippen LogP contribution in [0.15, 0.2) is 52.9 Å². The summed E-state index contributed by atoms with van der Waals surface area (Å²) in [5.41, 5.74) is 4.63. The molecule has 0 amide bonds. The van der Waals surface area contributed by atoms with Crippen LogP contribution in [-0.2, 0) is 11.4 Å². The lowest BCUT2D eigenvalue weighted by Crippen LogP contribution is -2.11. The number of hydrogen-bond acceptors (Lipinski definition) is 4. The van der Waals surface area contributed by atoms with E-state index in [2.05, 4.69) is 52.1 Å². The topological polar surface area (TPSA) is 35.5 Å². The molecule has 1 aromatic carbocycles. The summed E-state index contributed by atoms with van der Waals surface area (Å²) in [6.07, 6.45) is 3.81. The minimum absolute atomic E-state index is 0.283. The van der Waals surface area contributed by atoms with E-state index in [1.165, 1.54) is 21.6 Å². The predicted octanol–water partition coefficient (Wildman–Crippen LogP) is 7.33. The molecule has 0 bridgehead atoms. The first-order valence-corrected chi connectivity index (χ1v) is 12.0. The summed E-state index contributed by atoms with van der Waals surface area (Å²) < 4.78 is 11.1. The number of Topliss-reactive ketones (excluding diaryl/α,β-unsaturated/α-hetero) is 1. The maximum absolute atomic E-state index is 13.0. The Morgan fingerprint density at radius 3 is 2.42 bits per heavy atom. The first-order valence-electron chi connectivity index (χ1n) is 11.1. The van der Waals surface area contributed by atoms with Crippen LogP contribution in [0.2, 0.25) is 0 Å². The number of ketones is 1. The standard InChI is InChI=1S/C27H34O3S/c1-7-18(4)12-26(28)24-14-25(27(17(2)3)19(24)5)20-13-23(31-16-20)15-30-22-10-8-21(29-6)9-11-22/h8-11,13-14,16-18,27H,7,12,15H2,1-6H3. The highest BCUT2D eigenvalue weighted by atomic mass is 32.1. The Morgan fingerprint density at radius 2 is 1.81 bits per heavy atom. The van der Waals surface area contributed by atoms with E-state index >= 15 is 0 Å². The number of ether oxygens (including phenoxy) is 2. The molecule has 0 saturated carbocycles. The van der Waals surface area contributed by atoms with Crippen molar-refractivity contribution in [2.24, 2.45) is 17.8 Å². The van der Waals surface area contributed by atoms with Gasteiger partial charge in [-0.05, 0) is 71.7 Å². The third-order valence-electron chi connectivity index (χ3n) is 6.15. The number of benzene rings is 1. The molecule has 1 aliphatic rings. The van der Waals surface area contributed by atoms with Crippen LogP contribution in [0, 0.1) is 17.8 Å². The molecule has 3 rings (SSSR count). The van der Waals surface area contributed by atoms with E-state index in [0.29, 0.717) is 30.8 Å². The number of allylic oxidation sites excluding steroid dienone is 4. The second kappa shape index (κ2) is 10.3. The van der Waals surface area contributed by atoms with Crippen molar-refractivity contribution >= 4 is 22.7 Å². The highest BCUT2D eigenvalue weighted by Gasteiger charge is 2.31. The van der Waals surface area contributed by atoms with Gasteiger partial charge in [0.25, 0.3) is 0 Å². The van der Waals surface area contributed by atoms with Gasteiger partial charge in [0.2, 0.25) is 0 Å². The predicted molar refractivity (Wildman–Crippen MR) is 130 cm³/mol. The maximum Gasteiger partial charge on any atom is 0.163 e. The van der Waals surface area contributed by atoms with Crippen LogP contribution in [0.4, 0.5) is 0 Å². The third-order valence-corrected chi connectivity index (χ3v) is 7.06. The van der Waals surface area contributed by atoms with Gasteiger partial charge in [-0.2, -0.15) is 0 Å². The number of rotatable bonds is 10. The van der Waals surface area contributed by atoms with Gasteiger partial charge in [-0.25, -0.2) is 0 Å². The summed E-state index contributed by atoms with van der Waals surface area (Å²) in [7, 11) is 1.66. The summed E-state index contributed by atoms with van der Waals surface area (Å²) in [5, 5.41) is 2.20. The van der Waals surface area contributed by atoms with Crippen LogP contribution in [0.5, 0.6) is 11.5 Å². The summed E-state index contributed by atoms with van der Waals surface area (Å²) >= 11 is 1.71. The second-order valence-electron chi connectivity index (χ2n) is 8.82. The Hall–Kier alpha value is -2.33. The molecule has 2 aromatic rings. The zero-order valence-electron chi connectivity index (χ0n) is 19.5. The molecule has 4 heteroatoms. The first-order chi connectivity index (χ1) is 14.8. The first kappa shape index (κ1) is 23.3. The maximum atomic E-state index is 13.0. The second-order valence-corrected chi connectivity index (χ2v) is 9.82. The molecule has 1 aromatic heterocycles. The van der Waals surface area contributed by atoms with Gasteiger partial charge in [0, 0.05) is 22.8 Å². The van der Waals surface area contributed by atoms with Crippen LogP contribution in [0.1, 0.15) is 57.9 Å². The Balaban J connectivity index is 1.75. The van der Waals surface area contributed by atoms with E-state index in [1.54, 1.807) is 18.4 Å². The van der Waals surface area contributed by atoms with Crippen LogP contribution in [0.25, 0.3) is 5.57 Å². The average molecular weight is 439 g/mol. The van der Waals surface area contributed by atoms with Crippen molar-refractivity contribution < 1.29 is 14.3 Å². The van der Waals surface area contributed by atoms with Gasteiger partial charge in [0.1, 0.15) is 18.1 Å².